The second-order valence-corrected chi connectivity index (χ2v) is 5.20. The molecular weight excluding hydrogens is 224 g/mol. The third-order valence-corrected chi connectivity index (χ3v) is 3.75. The number of hydrogen-bond donors (Lipinski definition) is 1. The monoisotopic (exact) mass is 242 g/mol. The summed E-state index contributed by atoms with van der Waals surface area (Å²) in [5.74, 6) is 0. The van der Waals surface area contributed by atoms with Crippen LogP contribution in [0.25, 0.3) is 11.1 Å². The molecule has 0 aliphatic carbocycles. The Morgan fingerprint density at radius 3 is 2.18 bits per heavy atom. The smallest absolute Gasteiger partial charge is 0.0122 e. The average Bonchev–Trinajstić information content (AvgIpc) is 2.29. The van der Waals surface area contributed by atoms with Gasteiger partial charge in [-0.3, -0.25) is 0 Å². The molecule has 0 aliphatic heterocycles. The Kier molecular flexibility index (Phi) is 3.30. The van der Waals surface area contributed by atoms with Crippen LogP contribution in [-0.2, 0) is 0 Å². The molecule has 2 aromatic carbocycles. The van der Waals surface area contributed by atoms with Crippen molar-refractivity contribution >= 4 is 12.6 Å². The van der Waals surface area contributed by atoms with Crippen LogP contribution in [0.5, 0.6) is 0 Å². The fraction of sp³-hybridized carbons (Fsp3) is 0.250. The maximum absolute atomic E-state index is 4.61. The second-order valence-electron chi connectivity index (χ2n) is 4.72. The van der Waals surface area contributed by atoms with Gasteiger partial charge in [0.05, 0.1) is 0 Å². The summed E-state index contributed by atoms with van der Waals surface area (Å²) < 4.78 is 0. The molecule has 0 aliphatic rings. The quantitative estimate of drug-likeness (QED) is 0.677. The van der Waals surface area contributed by atoms with E-state index in [1.807, 2.05) is 0 Å². The largest absolute Gasteiger partial charge is 0.143 e. The first-order valence-electron chi connectivity index (χ1n) is 5.87. The first-order chi connectivity index (χ1) is 8.00. The minimum atomic E-state index is 1.06. The molecule has 0 bridgehead atoms. The molecule has 0 N–H and O–H groups in total. The Hall–Kier alpha value is -1.21. The van der Waals surface area contributed by atoms with Gasteiger partial charge >= 0.3 is 0 Å². The summed E-state index contributed by atoms with van der Waals surface area (Å²) in [6.45, 7) is 8.61. The van der Waals surface area contributed by atoms with E-state index in [1.54, 1.807) is 0 Å². The van der Waals surface area contributed by atoms with E-state index in [-0.39, 0.29) is 0 Å². The van der Waals surface area contributed by atoms with Crippen LogP contribution in [0.15, 0.2) is 35.2 Å². The lowest BCUT2D eigenvalue weighted by Crippen LogP contribution is -1.92. The van der Waals surface area contributed by atoms with Gasteiger partial charge in [-0.05, 0) is 61.6 Å². The predicted molar refractivity (Wildman–Crippen MR) is 78.1 cm³/mol. The minimum absolute atomic E-state index is 1.06. The molecule has 0 heterocycles. The highest BCUT2D eigenvalue weighted by molar-refractivity contribution is 7.80. The lowest BCUT2D eigenvalue weighted by Gasteiger charge is -2.15. The van der Waals surface area contributed by atoms with E-state index in [4.69, 9.17) is 0 Å². The zero-order valence-electron chi connectivity index (χ0n) is 10.8. The molecule has 0 aromatic heterocycles. The second kappa shape index (κ2) is 4.58. The van der Waals surface area contributed by atoms with Crippen LogP contribution in [0.1, 0.15) is 22.3 Å². The van der Waals surface area contributed by atoms with Crippen molar-refractivity contribution in [3.8, 4) is 11.1 Å². The first-order valence-corrected chi connectivity index (χ1v) is 6.32. The lowest BCUT2D eigenvalue weighted by molar-refractivity contribution is 1.26. The van der Waals surface area contributed by atoms with Gasteiger partial charge in [-0.25, -0.2) is 0 Å². The van der Waals surface area contributed by atoms with Gasteiger partial charge in [0.2, 0.25) is 0 Å². The predicted octanol–water partition coefficient (Wildman–Crippen LogP) is 4.88. The number of thiol groups is 1. The summed E-state index contributed by atoms with van der Waals surface area (Å²) in [5, 5.41) is 0. The van der Waals surface area contributed by atoms with Crippen molar-refractivity contribution in [3.05, 3.63) is 52.6 Å². The van der Waals surface area contributed by atoms with Gasteiger partial charge < -0.3 is 0 Å². The summed E-state index contributed by atoms with van der Waals surface area (Å²) in [7, 11) is 0. The maximum atomic E-state index is 4.61. The molecule has 88 valence electrons. The highest BCUT2D eigenvalue weighted by Crippen LogP contribution is 2.34. The Bertz CT molecular complexity index is 568. The van der Waals surface area contributed by atoms with Gasteiger partial charge in [-0.1, -0.05) is 29.8 Å². The van der Waals surface area contributed by atoms with Crippen molar-refractivity contribution in [2.24, 2.45) is 0 Å². The topological polar surface area (TPSA) is 0 Å². The zero-order chi connectivity index (χ0) is 12.6. The molecule has 1 heteroatoms. The SMILES string of the molecule is Cc1ccc(C)c(-c2c(S)ccc(C)c2C)c1. The van der Waals surface area contributed by atoms with Crippen molar-refractivity contribution in [2.75, 3.05) is 0 Å². The van der Waals surface area contributed by atoms with Crippen LogP contribution in [0.2, 0.25) is 0 Å². The molecule has 0 radical (unpaired) electrons. The Morgan fingerprint density at radius 1 is 0.824 bits per heavy atom. The Morgan fingerprint density at radius 2 is 1.47 bits per heavy atom. The number of benzene rings is 2. The van der Waals surface area contributed by atoms with Crippen LogP contribution in [0.3, 0.4) is 0 Å². The minimum Gasteiger partial charge on any atom is -0.143 e. The molecule has 0 fully saturated rings. The van der Waals surface area contributed by atoms with Crippen LogP contribution >= 0.6 is 12.6 Å². The highest BCUT2D eigenvalue weighted by atomic mass is 32.1. The van der Waals surface area contributed by atoms with Crippen molar-refractivity contribution in [1.29, 1.82) is 0 Å². The summed E-state index contributed by atoms with van der Waals surface area (Å²) in [4.78, 5) is 1.06. The average molecular weight is 242 g/mol. The van der Waals surface area contributed by atoms with E-state index in [1.165, 1.54) is 33.4 Å². The van der Waals surface area contributed by atoms with Gasteiger partial charge in [-0.2, -0.15) is 0 Å². The molecule has 0 spiro atoms. The molecule has 0 saturated carbocycles. The van der Waals surface area contributed by atoms with Gasteiger partial charge in [-0.15, -0.1) is 12.6 Å². The summed E-state index contributed by atoms with van der Waals surface area (Å²) >= 11 is 4.61. The lowest BCUT2D eigenvalue weighted by atomic mass is 9.93. The molecule has 0 saturated heterocycles. The molecule has 0 nitrogen and oxygen atoms in total. The number of aryl methyl sites for hydroxylation is 3. The number of rotatable bonds is 1. The molecule has 17 heavy (non-hydrogen) atoms. The van der Waals surface area contributed by atoms with Crippen molar-refractivity contribution < 1.29 is 0 Å². The standard InChI is InChI=1S/C16H18S/c1-10-5-6-12(3)14(9-10)16-13(4)11(2)7-8-15(16)17/h5-9,17H,1-4H3. The van der Waals surface area contributed by atoms with Gasteiger partial charge in [0.15, 0.2) is 0 Å². The molecule has 2 aromatic rings. The highest BCUT2D eigenvalue weighted by Gasteiger charge is 2.10. The summed E-state index contributed by atoms with van der Waals surface area (Å²) in [6, 6.07) is 10.8. The fourth-order valence-electron chi connectivity index (χ4n) is 2.15. The van der Waals surface area contributed by atoms with Crippen molar-refractivity contribution in [1.82, 2.24) is 0 Å². The van der Waals surface area contributed by atoms with E-state index in [9.17, 15) is 0 Å². The molecule has 0 atom stereocenters. The first kappa shape index (κ1) is 12.3. The van der Waals surface area contributed by atoms with Gasteiger partial charge in [0.25, 0.3) is 0 Å². The molecule has 0 amide bonds. The van der Waals surface area contributed by atoms with E-state index in [0.29, 0.717) is 0 Å². The van der Waals surface area contributed by atoms with E-state index in [0.717, 1.165) is 4.90 Å². The van der Waals surface area contributed by atoms with Crippen LogP contribution < -0.4 is 0 Å². The molecule has 0 unspecified atom stereocenters. The summed E-state index contributed by atoms with van der Waals surface area (Å²) in [5.41, 5.74) is 7.81. The Labute approximate surface area is 109 Å². The Balaban J connectivity index is 2.76. The molecule has 2 rings (SSSR count). The van der Waals surface area contributed by atoms with Gasteiger partial charge in [0, 0.05) is 4.90 Å². The van der Waals surface area contributed by atoms with Crippen molar-refractivity contribution in [3.63, 3.8) is 0 Å². The fourth-order valence-corrected chi connectivity index (χ4v) is 2.51. The van der Waals surface area contributed by atoms with Crippen LogP contribution in [0.4, 0.5) is 0 Å². The van der Waals surface area contributed by atoms with Crippen molar-refractivity contribution in [2.45, 2.75) is 32.6 Å². The van der Waals surface area contributed by atoms with Crippen LogP contribution in [-0.4, -0.2) is 0 Å². The van der Waals surface area contributed by atoms with Gasteiger partial charge in [0.1, 0.15) is 0 Å². The normalized spacial score (nSPS) is 10.6. The number of hydrogen-bond acceptors (Lipinski definition) is 1. The van der Waals surface area contributed by atoms with E-state index < -0.39 is 0 Å². The molecular formula is C16H18S. The zero-order valence-corrected chi connectivity index (χ0v) is 11.7. The summed E-state index contributed by atoms with van der Waals surface area (Å²) in [6.07, 6.45) is 0. The third-order valence-electron chi connectivity index (χ3n) is 3.38. The third kappa shape index (κ3) is 2.25. The van der Waals surface area contributed by atoms with Crippen LogP contribution in [0, 0.1) is 27.7 Å². The van der Waals surface area contributed by atoms with E-state index in [2.05, 4.69) is 70.7 Å². The van der Waals surface area contributed by atoms with E-state index >= 15 is 0 Å². The maximum Gasteiger partial charge on any atom is 0.0122 e.